The lowest BCUT2D eigenvalue weighted by Gasteiger charge is -2.16. The standard InChI is InChI=1S/C23H20N2O4/c1-15-11-13-17(14-12-15)28-20-9-5-3-7-18(20)24-22(26)16(2)25-19-8-4-6-10-21(19)29-23(25)27/h3-14,16H,1-2H3,(H,24,26)/t16-/m0/s1. The topological polar surface area (TPSA) is 73.5 Å². The van der Waals surface area contributed by atoms with Crippen LogP contribution in [0.2, 0.25) is 0 Å². The highest BCUT2D eigenvalue weighted by atomic mass is 16.5. The highest BCUT2D eigenvalue weighted by Crippen LogP contribution is 2.30. The zero-order valence-electron chi connectivity index (χ0n) is 16.1. The number of carbonyl (C=O) groups excluding carboxylic acids is 1. The van der Waals surface area contributed by atoms with Crippen LogP contribution in [0.5, 0.6) is 11.5 Å². The molecule has 0 fully saturated rings. The largest absolute Gasteiger partial charge is 0.455 e. The van der Waals surface area contributed by atoms with Crippen molar-refractivity contribution in [2.24, 2.45) is 0 Å². The Bertz CT molecular complexity index is 1220. The van der Waals surface area contributed by atoms with E-state index in [0.717, 1.165) is 5.56 Å². The van der Waals surface area contributed by atoms with E-state index in [0.29, 0.717) is 28.3 Å². The maximum Gasteiger partial charge on any atom is 0.420 e. The minimum absolute atomic E-state index is 0.349. The van der Waals surface area contributed by atoms with E-state index in [-0.39, 0.29) is 5.91 Å². The molecule has 6 heteroatoms. The van der Waals surface area contributed by atoms with E-state index in [1.165, 1.54) is 4.57 Å². The van der Waals surface area contributed by atoms with Crippen LogP contribution in [-0.2, 0) is 4.79 Å². The average molecular weight is 388 g/mol. The molecule has 1 heterocycles. The van der Waals surface area contributed by atoms with Gasteiger partial charge in [0.2, 0.25) is 5.91 Å². The molecule has 146 valence electrons. The normalized spacial score (nSPS) is 11.9. The zero-order valence-corrected chi connectivity index (χ0v) is 16.1. The second-order valence-electron chi connectivity index (χ2n) is 6.78. The Morgan fingerprint density at radius 2 is 1.69 bits per heavy atom. The summed E-state index contributed by atoms with van der Waals surface area (Å²) in [5.41, 5.74) is 2.67. The van der Waals surface area contributed by atoms with Crippen LogP contribution in [0.15, 0.2) is 82.0 Å². The lowest BCUT2D eigenvalue weighted by molar-refractivity contribution is -0.118. The molecule has 0 saturated carbocycles. The molecule has 1 atom stereocenters. The van der Waals surface area contributed by atoms with Gasteiger partial charge in [0.1, 0.15) is 11.8 Å². The van der Waals surface area contributed by atoms with Crippen molar-refractivity contribution in [3.63, 3.8) is 0 Å². The van der Waals surface area contributed by atoms with Gasteiger partial charge in [0, 0.05) is 0 Å². The molecule has 0 aliphatic heterocycles. The molecule has 0 radical (unpaired) electrons. The minimum atomic E-state index is -0.765. The number of amides is 1. The van der Waals surface area contributed by atoms with Gasteiger partial charge in [-0.2, -0.15) is 0 Å². The predicted molar refractivity (Wildman–Crippen MR) is 112 cm³/mol. The number of rotatable bonds is 5. The summed E-state index contributed by atoms with van der Waals surface area (Å²) >= 11 is 0. The number of hydrogen-bond donors (Lipinski definition) is 1. The fourth-order valence-corrected chi connectivity index (χ4v) is 3.10. The molecule has 0 aliphatic carbocycles. The van der Waals surface area contributed by atoms with Crippen LogP contribution in [0.4, 0.5) is 5.69 Å². The van der Waals surface area contributed by atoms with E-state index in [4.69, 9.17) is 9.15 Å². The smallest absolute Gasteiger partial charge is 0.420 e. The SMILES string of the molecule is Cc1ccc(Oc2ccccc2NC(=O)[C@H](C)n2c(=O)oc3ccccc32)cc1. The quantitative estimate of drug-likeness (QED) is 0.528. The molecular weight excluding hydrogens is 368 g/mol. The van der Waals surface area contributed by atoms with Crippen LogP contribution in [0, 0.1) is 6.92 Å². The van der Waals surface area contributed by atoms with Gasteiger partial charge < -0.3 is 14.5 Å². The van der Waals surface area contributed by atoms with Crippen molar-refractivity contribution < 1.29 is 13.9 Å². The number of carbonyl (C=O) groups is 1. The van der Waals surface area contributed by atoms with Gasteiger partial charge in [0.15, 0.2) is 11.3 Å². The number of oxazole rings is 1. The van der Waals surface area contributed by atoms with Crippen LogP contribution < -0.4 is 15.8 Å². The number of nitrogens with one attached hydrogen (secondary N) is 1. The molecule has 1 aromatic heterocycles. The van der Waals surface area contributed by atoms with Crippen LogP contribution in [0.1, 0.15) is 18.5 Å². The number of fused-ring (bicyclic) bond motifs is 1. The number of ether oxygens (including phenoxy) is 1. The summed E-state index contributed by atoms with van der Waals surface area (Å²) in [6.45, 7) is 3.66. The molecule has 29 heavy (non-hydrogen) atoms. The van der Waals surface area contributed by atoms with Crippen molar-refractivity contribution in [1.29, 1.82) is 0 Å². The fraction of sp³-hybridized carbons (Fsp3) is 0.130. The van der Waals surface area contributed by atoms with E-state index in [9.17, 15) is 9.59 Å². The summed E-state index contributed by atoms with van der Waals surface area (Å²) in [4.78, 5) is 25.2. The molecule has 1 N–H and O–H groups in total. The Kier molecular flexibility index (Phi) is 4.91. The summed E-state index contributed by atoms with van der Waals surface area (Å²) in [5, 5.41) is 2.86. The highest BCUT2D eigenvalue weighted by molar-refractivity contribution is 5.95. The van der Waals surface area contributed by atoms with Crippen molar-refractivity contribution in [3.05, 3.63) is 88.9 Å². The lowest BCUT2D eigenvalue weighted by atomic mass is 10.2. The first-order valence-electron chi connectivity index (χ1n) is 9.27. The van der Waals surface area contributed by atoms with Crippen LogP contribution in [0.3, 0.4) is 0 Å². The third-order valence-electron chi connectivity index (χ3n) is 4.68. The van der Waals surface area contributed by atoms with Crippen LogP contribution in [-0.4, -0.2) is 10.5 Å². The lowest BCUT2D eigenvalue weighted by Crippen LogP contribution is -2.29. The van der Waals surface area contributed by atoms with Gasteiger partial charge in [-0.25, -0.2) is 4.79 Å². The first-order chi connectivity index (χ1) is 14.0. The van der Waals surface area contributed by atoms with E-state index >= 15 is 0 Å². The van der Waals surface area contributed by atoms with Crippen LogP contribution >= 0.6 is 0 Å². The molecule has 0 aliphatic rings. The summed E-state index contributed by atoms with van der Waals surface area (Å²) in [6, 6.07) is 21.1. The molecule has 0 saturated heterocycles. The third-order valence-corrected chi connectivity index (χ3v) is 4.68. The molecule has 4 aromatic rings. The molecule has 4 rings (SSSR count). The van der Waals surface area contributed by atoms with Crippen LogP contribution in [0.25, 0.3) is 11.1 Å². The maximum atomic E-state index is 12.9. The van der Waals surface area contributed by atoms with E-state index < -0.39 is 11.8 Å². The second kappa shape index (κ2) is 7.67. The Morgan fingerprint density at radius 3 is 2.48 bits per heavy atom. The Balaban J connectivity index is 1.59. The van der Waals surface area contributed by atoms with Crippen molar-refractivity contribution in [2.75, 3.05) is 5.32 Å². The maximum absolute atomic E-state index is 12.9. The zero-order chi connectivity index (χ0) is 20.4. The number of aryl methyl sites for hydroxylation is 1. The number of nitrogens with zero attached hydrogens (tertiary/aromatic N) is 1. The van der Waals surface area contributed by atoms with Gasteiger partial charge in [-0.3, -0.25) is 9.36 Å². The summed E-state index contributed by atoms with van der Waals surface area (Å²) < 4.78 is 12.5. The summed E-state index contributed by atoms with van der Waals surface area (Å²) in [5.74, 6) is 0.264. The van der Waals surface area contributed by atoms with Gasteiger partial charge >= 0.3 is 5.76 Å². The summed E-state index contributed by atoms with van der Waals surface area (Å²) in [6.07, 6.45) is 0. The van der Waals surface area contributed by atoms with Gasteiger partial charge in [0.05, 0.1) is 11.2 Å². The number of hydrogen-bond acceptors (Lipinski definition) is 4. The minimum Gasteiger partial charge on any atom is -0.455 e. The van der Waals surface area contributed by atoms with E-state index in [1.807, 2.05) is 43.3 Å². The fourth-order valence-electron chi connectivity index (χ4n) is 3.10. The molecule has 6 nitrogen and oxygen atoms in total. The molecule has 0 unspecified atom stereocenters. The third kappa shape index (κ3) is 3.78. The molecular formula is C23H20N2O4. The average Bonchev–Trinajstić information content (AvgIpc) is 3.06. The molecule has 0 bridgehead atoms. The van der Waals surface area contributed by atoms with Crippen molar-refractivity contribution in [1.82, 2.24) is 4.57 Å². The molecule has 0 spiro atoms. The number of anilines is 1. The Hall–Kier alpha value is -3.80. The number of benzene rings is 3. The highest BCUT2D eigenvalue weighted by Gasteiger charge is 2.22. The monoisotopic (exact) mass is 388 g/mol. The first kappa shape index (κ1) is 18.6. The first-order valence-corrected chi connectivity index (χ1v) is 9.27. The predicted octanol–water partition coefficient (Wildman–Crippen LogP) is 4.89. The van der Waals surface area contributed by atoms with Gasteiger partial charge in [-0.1, -0.05) is 42.0 Å². The van der Waals surface area contributed by atoms with E-state index in [1.54, 1.807) is 43.3 Å². The Labute approximate surface area is 167 Å². The van der Waals surface area contributed by atoms with Gasteiger partial charge in [0.25, 0.3) is 0 Å². The van der Waals surface area contributed by atoms with Crippen molar-refractivity contribution in [3.8, 4) is 11.5 Å². The van der Waals surface area contributed by atoms with Gasteiger partial charge in [-0.05, 0) is 50.2 Å². The molecule has 3 aromatic carbocycles. The number of para-hydroxylation sites is 4. The summed E-state index contributed by atoms with van der Waals surface area (Å²) in [7, 11) is 0. The Morgan fingerprint density at radius 1 is 1.00 bits per heavy atom. The van der Waals surface area contributed by atoms with Crippen molar-refractivity contribution in [2.45, 2.75) is 19.9 Å². The molecule has 1 amide bonds. The van der Waals surface area contributed by atoms with Gasteiger partial charge in [-0.15, -0.1) is 0 Å². The van der Waals surface area contributed by atoms with Crippen molar-refractivity contribution >= 4 is 22.7 Å². The number of aromatic nitrogens is 1. The second-order valence-corrected chi connectivity index (χ2v) is 6.78. The van der Waals surface area contributed by atoms with E-state index in [2.05, 4.69) is 5.32 Å².